The lowest BCUT2D eigenvalue weighted by molar-refractivity contribution is -0.117. The molecular weight excluding hydrogens is 288 g/mol. The third-order valence-corrected chi connectivity index (χ3v) is 3.23. The average molecular weight is 303 g/mol. The Hall–Kier alpha value is -1.22. The first-order valence-corrected chi connectivity index (χ1v) is 6.30. The van der Waals surface area contributed by atoms with Gasteiger partial charge in [0.05, 0.1) is 17.6 Å². The van der Waals surface area contributed by atoms with E-state index >= 15 is 0 Å². The van der Waals surface area contributed by atoms with Gasteiger partial charge in [-0.1, -0.05) is 11.6 Å². The summed E-state index contributed by atoms with van der Waals surface area (Å²) < 4.78 is 0. The third-order valence-electron chi connectivity index (χ3n) is 3.00. The van der Waals surface area contributed by atoms with Gasteiger partial charge in [0.15, 0.2) is 0 Å². The van der Waals surface area contributed by atoms with Crippen LogP contribution in [-0.4, -0.2) is 60.4 Å². The van der Waals surface area contributed by atoms with Gasteiger partial charge in [-0.05, 0) is 18.2 Å². The molecule has 0 fully saturated rings. The number of hydrogen-bond acceptors (Lipinski definition) is 6. The molecule has 1 aromatic heterocycles. The van der Waals surface area contributed by atoms with Crippen LogP contribution in [0.15, 0.2) is 18.2 Å². The quantitative estimate of drug-likeness (QED) is 0.434. The maximum atomic E-state index is 9.94. The highest BCUT2D eigenvalue weighted by atomic mass is 35.5. The van der Waals surface area contributed by atoms with Crippen LogP contribution in [0.25, 0.3) is 11.0 Å². The van der Waals surface area contributed by atoms with Crippen LogP contribution in [0.3, 0.4) is 0 Å². The van der Waals surface area contributed by atoms with E-state index in [2.05, 4.69) is 9.97 Å². The second-order valence-corrected chi connectivity index (χ2v) is 4.90. The number of H-pyrrole nitrogens is 1. The lowest BCUT2D eigenvalue weighted by atomic mass is 10.0. The Kier molecular flexibility index (Phi) is 4.59. The van der Waals surface area contributed by atoms with E-state index in [0.717, 1.165) is 0 Å². The van der Waals surface area contributed by atoms with Gasteiger partial charge >= 0.3 is 0 Å². The number of rotatable bonds is 5. The van der Waals surface area contributed by atoms with Crippen LogP contribution in [0.1, 0.15) is 11.9 Å². The standard InChI is InChI=1S/C12H15ClN2O5/c13-5-1-2-6-7(3-5)15-12(14-6)11(20)10(19)9(18)8(17)4-16/h1-3,8-11,16-20H,4H2,(H,14,15)/t8?,9-,10?,11+/m1/s1. The Bertz CT molecular complexity index is 590. The van der Waals surface area contributed by atoms with E-state index in [9.17, 15) is 20.4 Å². The summed E-state index contributed by atoms with van der Waals surface area (Å²) in [6.45, 7) is -0.735. The van der Waals surface area contributed by atoms with Crippen LogP contribution in [0, 0.1) is 0 Å². The summed E-state index contributed by atoms with van der Waals surface area (Å²) in [5.41, 5.74) is 1.10. The molecule has 0 spiro atoms. The van der Waals surface area contributed by atoms with Gasteiger partial charge in [-0.15, -0.1) is 0 Å². The highest BCUT2D eigenvalue weighted by Crippen LogP contribution is 2.23. The first-order valence-electron chi connectivity index (χ1n) is 5.92. The summed E-state index contributed by atoms with van der Waals surface area (Å²) in [6.07, 6.45) is -6.50. The minimum absolute atomic E-state index is 0.0268. The molecule has 2 aromatic rings. The Balaban J connectivity index is 2.24. The van der Waals surface area contributed by atoms with Crippen molar-refractivity contribution in [1.29, 1.82) is 0 Å². The van der Waals surface area contributed by atoms with E-state index in [1.54, 1.807) is 18.2 Å². The van der Waals surface area contributed by atoms with Gasteiger partial charge in [0, 0.05) is 5.02 Å². The molecule has 0 saturated heterocycles. The van der Waals surface area contributed by atoms with E-state index in [-0.39, 0.29) is 5.82 Å². The Labute approximate surface area is 119 Å². The Morgan fingerprint density at radius 3 is 2.50 bits per heavy atom. The summed E-state index contributed by atoms with van der Waals surface area (Å²) >= 11 is 5.81. The second kappa shape index (κ2) is 6.04. The molecule has 1 aromatic carbocycles. The molecule has 2 rings (SSSR count). The molecule has 20 heavy (non-hydrogen) atoms. The number of halogens is 1. The lowest BCUT2D eigenvalue weighted by Crippen LogP contribution is -2.42. The average Bonchev–Trinajstić information content (AvgIpc) is 2.86. The number of fused-ring (bicyclic) bond motifs is 1. The van der Waals surface area contributed by atoms with Crippen molar-refractivity contribution in [1.82, 2.24) is 9.97 Å². The van der Waals surface area contributed by atoms with E-state index in [0.29, 0.717) is 16.1 Å². The molecule has 8 heteroatoms. The molecule has 0 aliphatic rings. The van der Waals surface area contributed by atoms with Crippen molar-refractivity contribution < 1.29 is 25.5 Å². The minimum Gasteiger partial charge on any atom is -0.394 e. The zero-order valence-corrected chi connectivity index (χ0v) is 11.1. The summed E-state index contributed by atoms with van der Waals surface area (Å²) in [5, 5.41) is 47.7. The van der Waals surface area contributed by atoms with Crippen LogP contribution in [-0.2, 0) is 0 Å². The first kappa shape index (κ1) is 15.2. The SMILES string of the molecule is OCC(O)[C@@H](O)C(O)[C@H](O)c1nc2cc(Cl)ccc2[nH]1. The van der Waals surface area contributed by atoms with Gasteiger partial charge in [-0.25, -0.2) is 4.98 Å². The van der Waals surface area contributed by atoms with Crippen LogP contribution < -0.4 is 0 Å². The molecule has 4 atom stereocenters. The maximum absolute atomic E-state index is 9.94. The van der Waals surface area contributed by atoms with Crippen LogP contribution in [0.4, 0.5) is 0 Å². The van der Waals surface area contributed by atoms with Crippen molar-refractivity contribution in [2.24, 2.45) is 0 Å². The highest BCUT2D eigenvalue weighted by molar-refractivity contribution is 6.31. The van der Waals surface area contributed by atoms with Crippen molar-refractivity contribution in [3.05, 3.63) is 29.0 Å². The maximum Gasteiger partial charge on any atom is 0.140 e. The predicted molar refractivity (Wildman–Crippen MR) is 71.2 cm³/mol. The summed E-state index contributed by atoms with van der Waals surface area (Å²) in [5.74, 6) is 0.0268. The largest absolute Gasteiger partial charge is 0.394 e. The molecule has 0 amide bonds. The summed E-state index contributed by atoms with van der Waals surface area (Å²) in [4.78, 5) is 6.84. The molecule has 6 N–H and O–H groups in total. The van der Waals surface area contributed by atoms with E-state index in [1.807, 2.05) is 0 Å². The van der Waals surface area contributed by atoms with Crippen LogP contribution in [0.5, 0.6) is 0 Å². The minimum atomic E-state index is -1.70. The van der Waals surface area contributed by atoms with Crippen molar-refractivity contribution in [3.63, 3.8) is 0 Å². The first-order chi connectivity index (χ1) is 9.43. The molecule has 2 unspecified atom stereocenters. The molecule has 1 heterocycles. The number of aliphatic hydroxyl groups excluding tert-OH is 5. The highest BCUT2D eigenvalue weighted by Gasteiger charge is 2.32. The summed E-state index contributed by atoms with van der Waals surface area (Å²) in [6, 6.07) is 4.88. The Morgan fingerprint density at radius 1 is 1.15 bits per heavy atom. The van der Waals surface area contributed by atoms with Crippen LogP contribution >= 0.6 is 11.6 Å². The molecular formula is C12H15ClN2O5. The number of imidazole rings is 1. The van der Waals surface area contributed by atoms with Crippen LogP contribution in [0.2, 0.25) is 5.02 Å². The smallest absolute Gasteiger partial charge is 0.140 e. The summed E-state index contributed by atoms with van der Waals surface area (Å²) in [7, 11) is 0. The second-order valence-electron chi connectivity index (χ2n) is 4.46. The van der Waals surface area contributed by atoms with E-state index < -0.39 is 31.0 Å². The van der Waals surface area contributed by atoms with Gasteiger partial charge < -0.3 is 30.5 Å². The van der Waals surface area contributed by atoms with E-state index in [1.165, 1.54) is 0 Å². The van der Waals surface area contributed by atoms with E-state index in [4.69, 9.17) is 16.7 Å². The lowest BCUT2D eigenvalue weighted by Gasteiger charge is -2.24. The van der Waals surface area contributed by atoms with Crippen molar-refractivity contribution in [2.45, 2.75) is 24.4 Å². The number of aliphatic hydroxyl groups is 5. The van der Waals surface area contributed by atoms with Gasteiger partial charge in [0.25, 0.3) is 0 Å². The number of aromatic nitrogens is 2. The molecule has 7 nitrogen and oxygen atoms in total. The van der Waals surface area contributed by atoms with Gasteiger partial charge in [-0.3, -0.25) is 0 Å². The molecule has 110 valence electrons. The fourth-order valence-corrected chi connectivity index (χ4v) is 1.99. The van der Waals surface area contributed by atoms with Crippen molar-refractivity contribution in [3.8, 4) is 0 Å². The normalized spacial score (nSPS) is 17.9. The van der Waals surface area contributed by atoms with Gasteiger partial charge in [-0.2, -0.15) is 0 Å². The fraction of sp³-hybridized carbons (Fsp3) is 0.417. The van der Waals surface area contributed by atoms with Crippen molar-refractivity contribution >= 4 is 22.6 Å². The number of nitrogens with one attached hydrogen (secondary N) is 1. The molecule has 0 saturated carbocycles. The fourth-order valence-electron chi connectivity index (χ4n) is 1.82. The zero-order chi connectivity index (χ0) is 14.9. The molecule has 0 bridgehead atoms. The zero-order valence-electron chi connectivity index (χ0n) is 10.3. The van der Waals surface area contributed by atoms with Crippen molar-refractivity contribution in [2.75, 3.05) is 6.61 Å². The third kappa shape index (κ3) is 2.93. The monoisotopic (exact) mass is 302 g/mol. The molecule has 0 radical (unpaired) electrons. The number of nitrogens with zero attached hydrogens (tertiary/aromatic N) is 1. The molecule has 0 aliphatic carbocycles. The molecule has 0 aliphatic heterocycles. The number of benzene rings is 1. The number of aromatic amines is 1. The van der Waals surface area contributed by atoms with Gasteiger partial charge in [0.2, 0.25) is 0 Å². The van der Waals surface area contributed by atoms with Gasteiger partial charge in [0.1, 0.15) is 30.2 Å². The Morgan fingerprint density at radius 2 is 1.85 bits per heavy atom. The topological polar surface area (TPSA) is 130 Å². The predicted octanol–water partition coefficient (Wildman–Crippen LogP) is -0.675. The number of hydrogen-bond donors (Lipinski definition) is 6.